The molecule has 0 radical (unpaired) electrons. The molecule has 0 fully saturated rings. The van der Waals surface area contributed by atoms with Gasteiger partial charge in [-0.15, -0.1) is 0 Å². The highest BCUT2D eigenvalue weighted by atomic mass is 35.5. The summed E-state index contributed by atoms with van der Waals surface area (Å²) in [4.78, 5) is 18.6. The Bertz CT molecular complexity index is 759. The van der Waals surface area contributed by atoms with E-state index in [2.05, 4.69) is 20.5 Å². The molecule has 0 bridgehead atoms. The third-order valence-corrected chi connectivity index (χ3v) is 3.65. The standard InChI is InChI=1S/C14H14Cl2N4O2/c1-8-10(4-5-21)13(22)19-14(18-8)20-17-7-9-2-3-11(15)12(16)6-9/h2-3,6-7,21H,4-5H2,1H3,(H2,18,19,20,22)/b17-7-. The Balaban J connectivity index is 2.12. The Morgan fingerprint density at radius 2 is 2.18 bits per heavy atom. The fourth-order valence-electron chi connectivity index (χ4n) is 1.83. The summed E-state index contributed by atoms with van der Waals surface area (Å²) in [7, 11) is 0. The predicted octanol–water partition coefficient (Wildman–Crippen LogP) is 2.37. The average molecular weight is 341 g/mol. The van der Waals surface area contributed by atoms with Crippen molar-refractivity contribution in [2.24, 2.45) is 5.10 Å². The highest BCUT2D eigenvalue weighted by Gasteiger charge is 2.06. The SMILES string of the molecule is Cc1nc(N/N=C\c2ccc(Cl)c(Cl)c2)[nH]c(=O)c1CCO. The zero-order valence-electron chi connectivity index (χ0n) is 11.7. The number of aliphatic hydroxyl groups excluding tert-OH is 1. The lowest BCUT2D eigenvalue weighted by Crippen LogP contribution is -2.19. The number of anilines is 1. The first kappa shape index (κ1) is 16.5. The van der Waals surface area contributed by atoms with Crippen LogP contribution in [0.2, 0.25) is 10.0 Å². The first-order chi connectivity index (χ1) is 10.5. The van der Waals surface area contributed by atoms with Crippen LogP contribution in [0.3, 0.4) is 0 Å². The van der Waals surface area contributed by atoms with Crippen molar-refractivity contribution in [2.75, 3.05) is 12.0 Å². The fourth-order valence-corrected chi connectivity index (χ4v) is 2.14. The molecular weight excluding hydrogens is 327 g/mol. The lowest BCUT2D eigenvalue weighted by molar-refractivity contribution is 0.298. The molecule has 1 aromatic heterocycles. The summed E-state index contributed by atoms with van der Waals surface area (Å²) in [5.41, 5.74) is 4.10. The van der Waals surface area contributed by atoms with Crippen molar-refractivity contribution >= 4 is 35.4 Å². The van der Waals surface area contributed by atoms with Gasteiger partial charge in [-0.3, -0.25) is 9.78 Å². The molecule has 1 aromatic carbocycles. The number of halogens is 2. The van der Waals surface area contributed by atoms with E-state index in [0.29, 0.717) is 21.3 Å². The fraction of sp³-hybridized carbons (Fsp3) is 0.214. The lowest BCUT2D eigenvalue weighted by Gasteiger charge is -2.05. The summed E-state index contributed by atoms with van der Waals surface area (Å²) in [5, 5.41) is 13.8. The number of aryl methyl sites for hydroxylation is 1. The van der Waals surface area contributed by atoms with Crippen LogP contribution in [-0.2, 0) is 6.42 Å². The Labute approximate surface area is 136 Å². The van der Waals surface area contributed by atoms with Crippen LogP contribution in [0.4, 0.5) is 5.95 Å². The number of nitrogens with one attached hydrogen (secondary N) is 2. The molecule has 0 aliphatic rings. The van der Waals surface area contributed by atoms with Crippen molar-refractivity contribution in [2.45, 2.75) is 13.3 Å². The minimum Gasteiger partial charge on any atom is -0.396 e. The minimum atomic E-state index is -0.297. The van der Waals surface area contributed by atoms with Gasteiger partial charge in [-0.1, -0.05) is 29.3 Å². The van der Waals surface area contributed by atoms with Gasteiger partial charge in [0.05, 0.1) is 22.0 Å². The summed E-state index contributed by atoms with van der Waals surface area (Å²) < 4.78 is 0. The van der Waals surface area contributed by atoms with Gasteiger partial charge in [0.1, 0.15) is 0 Å². The summed E-state index contributed by atoms with van der Waals surface area (Å²) >= 11 is 11.7. The van der Waals surface area contributed by atoms with E-state index in [1.54, 1.807) is 25.1 Å². The summed E-state index contributed by atoms with van der Waals surface area (Å²) in [5.74, 6) is 0.223. The van der Waals surface area contributed by atoms with Crippen molar-refractivity contribution in [3.63, 3.8) is 0 Å². The number of aromatic amines is 1. The smallest absolute Gasteiger partial charge is 0.255 e. The van der Waals surface area contributed by atoms with Crippen LogP contribution in [-0.4, -0.2) is 27.9 Å². The molecular formula is C14H14Cl2N4O2. The van der Waals surface area contributed by atoms with E-state index in [4.69, 9.17) is 28.3 Å². The van der Waals surface area contributed by atoms with Gasteiger partial charge in [0.2, 0.25) is 5.95 Å². The van der Waals surface area contributed by atoms with Crippen LogP contribution in [0.1, 0.15) is 16.8 Å². The molecule has 1 heterocycles. The normalized spacial score (nSPS) is 11.1. The molecule has 0 unspecified atom stereocenters. The molecule has 22 heavy (non-hydrogen) atoms. The second-order valence-electron chi connectivity index (χ2n) is 4.50. The number of rotatable bonds is 5. The maximum absolute atomic E-state index is 11.8. The maximum Gasteiger partial charge on any atom is 0.255 e. The summed E-state index contributed by atoms with van der Waals surface area (Å²) in [6.45, 7) is 1.60. The molecule has 6 nitrogen and oxygen atoms in total. The molecule has 0 aliphatic carbocycles. The van der Waals surface area contributed by atoms with Gasteiger partial charge in [-0.25, -0.2) is 10.4 Å². The molecule has 3 N–H and O–H groups in total. The van der Waals surface area contributed by atoms with Crippen molar-refractivity contribution in [1.29, 1.82) is 0 Å². The lowest BCUT2D eigenvalue weighted by atomic mass is 10.2. The molecule has 0 saturated heterocycles. The molecule has 0 saturated carbocycles. The second-order valence-corrected chi connectivity index (χ2v) is 5.31. The number of hydrogen-bond donors (Lipinski definition) is 3. The number of nitrogens with zero attached hydrogens (tertiary/aromatic N) is 2. The predicted molar refractivity (Wildman–Crippen MR) is 88.1 cm³/mol. The maximum atomic E-state index is 11.8. The van der Waals surface area contributed by atoms with E-state index >= 15 is 0 Å². The van der Waals surface area contributed by atoms with Gasteiger partial charge in [0, 0.05) is 18.6 Å². The molecule has 0 amide bonds. The van der Waals surface area contributed by atoms with E-state index in [1.807, 2.05) is 0 Å². The topological polar surface area (TPSA) is 90.4 Å². The monoisotopic (exact) mass is 340 g/mol. The van der Waals surface area contributed by atoms with E-state index in [9.17, 15) is 4.79 Å². The number of hydrogen-bond acceptors (Lipinski definition) is 5. The highest BCUT2D eigenvalue weighted by molar-refractivity contribution is 6.42. The van der Waals surface area contributed by atoms with Crippen LogP contribution in [0.5, 0.6) is 0 Å². The third kappa shape index (κ3) is 4.07. The number of hydrazone groups is 1. The van der Waals surface area contributed by atoms with Crippen LogP contribution in [0.15, 0.2) is 28.1 Å². The van der Waals surface area contributed by atoms with E-state index in [1.165, 1.54) is 6.21 Å². The summed E-state index contributed by atoms with van der Waals surface area (Å²) in [6.07, 6.45) is 1.79. The molecule has 0 aliphatic heterocycles. The first-order valence-electron chi connectivity index (χ1n) is 6.46. The molecule has 116 valence electrons. The zero-order chi connectivity index (χ0) is 16.1. The second kappa shape index (κ2) is 7.40. The molecule has 2 rings (SSSR count). The van der Waals surface area contributed by atoms with Crippen molar-refractivity contribution in [3.05, 3.63) is 55.4 Å². The number of benzene rings is 1. The van der Waals surface area contributed by atoms with Crippen molar-refractivity contribution in [1.82, 2.24) is 9.97 Å². The van der Waals surface area contributed by atoms with E-state index < -0.39 is 0 Å². The zero-order valence-corrected chi connectivity index (χ0v) is 13.2. The van der Waals surface area contributed by atoms with Gasteiger partial charge >= 0.3 is 0 Å². The Hall–Kier alpha value is -1.89. The molecule has 0 spiro atoms. The molecule has 2 aromatic rings. The largest absolute Gasteiger partial charge is 0.396 e. The van der Waals surface area contributed by atoms with Gasteiger partial charge in [-0.05, 0) is 24.6 Å². The van der Waals surface area contributed by atoms with Crippen molar-refractivity contribution in [3.8, 4) is 0 Å². The number of H-pyrrole nitrogens is 1. The Morgan fingerprint density at radius 1 is 1.41 bits per heavy atom. The molecule has 0 atom stereocenters. The number of aliphatic hydroxyl groups is 1. The Morgan fingerprint density at radius 3 is 2.82 bits per heavy atom. The first-order valence-corrected chi connectivity index (χ1v) is 7.21. The molecule has 8 heteroatoms. The number of aromatic nitrogens is 2. The third-order valence-electron chi connectivity index (χ3n) is 2.91. The van der Waals surface area contributed by atoms with E-state index in [0.717, 1.165) is 5.56 Å². The highest BCUT2D eigenvalue weighted by Crippen LogP contribution is 2.21. The van der Waals surface area contributed by atoms with Gasteiger partial charge in [0.25, 0.3) is 5.56 Å². The van der Waals surface area contributed by atoms with Crippen molar-refractivity contribution < 1.29 is 5.11 Å². The Kier molecular flexibility index (Phi) is 5.54. The average Bonchev–Trinajstić information content (AvgIpc) is 2.47. The summed E-state index contributed by atoms with van der Waals surface area (Å²) in [6, 6.07) is 5.09. The minimum absolute atomic E-state index is 0.103. The van der Waals surface area contributed by atoms with E-state index in [-0.39, 0.29) is 24.5 Å². The van der Waals surface area contributed by atoms with Gasteiger partial charge in [0.15, 0.2) is 0 Å². The van der Waals surface area contributed by atoms with Gasteiger partial charge < -0.3 is 5.11 Å². The van der Waals surface area contributed by atoms with Crippen LogP contribution in [0.25, 0.3) is 0 Å². The van der Waals surface area contributed by atoms with Crippen LogP contribution in [0, 0.1) is 6.92 Å². The van der Waals surface area contributed by atoms with Crippen LogP contribution >= 0.6 is 23.2 Å². The van der Waals surface area contributed by atoms with Crippen LogP contribution < -0.4 is 11.0 Å². The van der Waals surface area contributed by atoms with Gasteiger partial charge in [-0.2, -0.15) is 5.10 Å². The quantitative estimate of drug-likeness (QED) is 0.575.